The predicted molar refractivity (Wildman–Crippen MR) is 111 cm³/mol. The normalized spacial score (nSPS) is 14.4. The topological polar surface area (TPSA) is 29.5 Å². The molecular formula is C25H20F2O2. The van der Waals surface area contributed by atoms with Crippen molar-refractivity contribution in [2.24, 2.45) is 0 Å². The largest absolute Gasteiger partial charge is 0.457 e. The molecule has 0 saturated heterocycles. The second kappa shape index (κ2) is 8.02. The van der Waals surface area contributed by atoms with Crippen LogP contribution < -0.4 is 4.74 Å². The third-order valence-corrected chi connectivity index (χ3v) is 5.06. The highest BCUT2D eigenvalue weighted by Gasteiger charge is 2.23. The van der Waals surface area contributed by atoms with Crippen LogP contribution in [0.1, 0.15) is 30.0 Å². The summed E-state index contributed by atoms with van der Waals surface area (Å²) in [5.41, 5.74) is 5.84. The van der Waals surface area contributed by atoms with Crippen molar-refractivity contribution in [3.05, 3.63) is 101 Å². The van der Waals surface area contributed by atoms with E-state index in [1.54, 1.807) is 18.2 Å². The smallest absolute Gasteiger partial charge is 0.127 e. The number of fused-ring (bicyclic) bond motifs is 1. The molecule has 1 aliphatic rings. The van der Waals surface area contributed by atoms with Crippen molar-refractivity contribution in [3.63, 3.8) is 0 Å². The molecule has 1 N–H and O–H groups in total. The monoisotopic (exact) mass is 390 g/mol. The molecule has 3 aromatic rings. The maximum atomic E-state index is 13.8. The zero-order chi connectivity index (χ0) is 20.4. The Morgan fingerprint density at radius 1 is 0.828 bits per heavy atom. The summed E-state index contributed by atoms with van der Waals surface area (Å²) in [7, 11) is 0. The van der Waals surface area contributed by atoms with Gasteiger partial charge in [-0.25, -0.2) is 8.78 Å². The van der Waals surface area contributed by atoms with Gasteiger partial charge in [-0.3, -0.25) is 0 Å². The van der Waals surface area contributed by atoms with Crippen molar-refractivity contribution >= 4 is 17.2 Å². The van der Waals surface area contributed by atoms with Gasteiger partial charge in [0.25, 0.3) is 0 Å². The Bertz CT molecular complexity index is 1090. The van der Waals surface area contributed by atoms with Crippen molar-refractivity contribution in [3.8, 4) is 11.5 Å². The highest BCUT2D eigenvalue weighted by Crippen LogP contribution is 2.43. The average Bonchev–Trinajstić information content (AvgIpc) is 2.96. The molecule has 0 spiro atoms. The second-order valence-corrected chi connectivity index (χ2v) is 6.95. The van der Waals surface area contributed by atoms with E-state index in [4.69, 9.17) is 4.74 Å². The lowest BCUT2D eigenvalue weighted by molar-refractivity contribution is 0.305. The van der Waals surface area contributed by atoms with Gasteiger partial charge in [-0.1, -0.05) is 18.2 Å². The molecule has 0 aliphatic heterocycles. The average molecular weight is 390 g/mol. The van der Waals surface area contributed by atoms with Crippen molar-refractivity contribution in [1.29, 1.82) is 0 Å². The van der Waals surface area contributed by atoms with Crippen molar-refractivity contribution in [1.82, 2.24) is 0 Å². The van der Waals surface area contributed by atoms with Crippen LogP contribution in [0.4, 0.5) is 8.78 Å². The first-order valence-electron chi connectivity index (χ1n) is 9.41. The van der Waals surface area contributed by atoms with Crippen LogP contribution in [0.2, 0.25) is 0 Å². The molecule has 3 aromatic carbocycles. The van der Waals surface area contributed by atoms with Crippen molar-refractivity contribution < 1.29 is 18.6 Å². The van der Waals surface area contributed by atoms with Gasteiger partial charge in [0.15, 0.2) is 0 Å². The second-order valence-electron chi connectivity index (χ2n) is 6.95. The lowest BCUT2D eigenvalue weighted by Crippen LogP contribution is -1.89. The van der Waals surface area contributed by atoms with Gasteiger partial charge in [0, 0.05) is 6.61 Å². The molecular weight excluding hydrogens is 370 g/mol. The zero-order valence-corrected chi connectivity index (χ0v) is 16.0. The number of ether oxygens (including phenoxy) is 1. The first-order valence-corrected chi connectivity index (χ1v) is 9.41. The molecule has 0 saturated carbocycles. The lowest BCUT2D eigenvalue weighted by Gasteiger charge is -2.07. The van der Waals surface area contributed by atoms with E-state index in [1.807, 2.05) is 31.2 Å². The van der Waals surface area contributed by atoms with Crippen LogP contribution in [-0.4, -0.2) is 11.7 Å². The Hall–Kier alpha value is -3.24. The SMILES string of the molecule is CC1=C(CCO)c2cc(F)ccc2/C1=C\c1ccc(Oc2ccc(F)cc2)cc1. The highest BCUT2D eigenvalue weighted by molar-refractivity contribution is 6.05. The maximum absolute atomic E-state index is 13.8. The first-order chi connectivity index (χ1) is 14.0. The molecule has 0 heterocycles. The number of aliphatic hydroxyl groups excluding tert-OH is 1. The van der Waals surface area contributed by atoms with Crippen LogP contribution in [0, 0.1) is 11.6 Å². The summed E-state index contributed by atoms with van der Waals surface area (Å²) in [4.78, 5) is 0. The van der Waals surface area contributed by atoms with Gasteiger partial charge in [0.2, 0.25) is 0 Å². The van der Waals surface area contributed by atoms with Crippen LogP contribution in [0.5, 0.6) is 11.5 Å². The van der Waals surface area contributed by atoms with Gasteiger partial charge >= 0.3 is 0 Å². The standard InChI is InChI=1S/C25H20F2O2/c1-16-22(12-13-28)25-15-19(27)6-11-23(25)24(16)14-17-2-7-20(8-3-17)29-21-9-4-18(26)5-10-21/h2-11,14-15,28H,12-13H2,1H3/b24-14-. The fourth-order valence-corrected chi connectivity index (χ4v) is 3.63. The van der Waals surface area contributed by atoms with E-state index in [9.17, 15) is 13.9 Å². The van der Waals surface area contributed by atoms with E-state index in [0.717, 1.165) is 33.4 Å². The minimum atomic E-state index is -0.306. The molecule has 0 fully saturated rings. The van der Waals surface area contributed by atoms with E-state index in [1.165, 1.54) is 24.3 Å². The summed E-state index contributed by atoms with van der Waals surface area (Å²) in [6, 6.07) is 18.2. The van der Waals surface area contributed by atoms with Crippen LogP contribution in [-0.2, 0) is 0 Å². The van der Waals surface area contributed by atoms with E-state index in [2.05, 4.69) is 6.08 Å². The van der Waals surface area contributed by atoms with Crippen molar-refractivity contribution in [2.75, 3.05) is 6.61 Å². The number of aliphatic hydroxyl groups is 1. The van der Waals surface area contributed by atoms with Gasteiger partial charge in [0.05, 0.1) is 0 Å². The molecule has 29 heavy (non-hydrogen) atoms. The molecule has 146 valence electrons. The molecule has 0 unspecified atom stereocenters. The van der Waals surface area contributed by atoms with Gasteiger partial charge in [-0.15, -0.1) is 0 Å². The number of allylic oxidation sites excluding steroid dienone is 2. The Labute approximate surface area is 168 Å². The lowest BCUT2D eigenvalue weighted by atomic mass is 10.0. The molecule has 0 aromatic heterocycles. The van der Waals surface area contributed by atoms with Gasteiger partial charge < -0.3 is 9.84 Å². The molecule has 4 heteroatoms. The van der Waals surface area contributed by atoms with Crippen LogP contribution >= 0.6 is 0 Å². The molecule has 0 amide bonds. The Kier molecular flexibility index (Phi) is 5.28. The van der Waals surface area contributed by atoms with Gasteiger partial charge in [-0.05, 0) is 101 Å². The summed E-state index contributed by atoms with van der Waals surface area (Å²) in [5, 5.41) is 9.40. The van der Waals surface area contributed by atoms with Crippen LogP contribution in [0.25, 0.3) is 17.2 Å². The number of halogens is 2. The van der Waals surface area contributed by atoms with E-state index in [0.29, 0.717) is 17.9 Å². The van der Waals surface area contributed by atoms with Gasteiger partial charge in [0.1, 0.15) is 23.1 Å². The molecule has 1 aliphatic carbocycles. The zero-order valence-electron chi connectivity index (χ0n) is 16.0. The minimum absolute atomic E-state index is 0.0192. The Morgan fingerprint density at radius 2 is 1.45 bits per heavy atom. The number of hydrogen-bond acceptors (Lipinski definition) is 2. The summed E-state index contributed by atoms with van der Waals surface area (Å²) in [5.74, 6) is 0.633. The van der Waals surface area contributed by atoms with Gasteiger partial charge in [-0.2, -0.15) is 0 Å². The maximum Gasteiger partial charge on any atom is 0.127 e. The quantitative estimate of drug-likeness (QED) is 0.541. The fourth-order valence-electron chi connectivity index (χ4n) is 3.63. The summed E-state index contributed by atoms with van der Waals surface area (Å²) in [6.07, 6.45) is 2.54. The number of rotatable bonds is 5. The van der Waals surface area contributed by atoms with Crippen molar-refractivity contribution in [2.45, 2.75) is 13.3 Å². The summed E-state index contributed by atoms with van der Waals surface area (Å²) in [6.45, 7) is 2.02. The number of benzene rings is 3. The molecule has 4 rings (SSSR count). The van der Waals surface area contributed by atoms with E-state index >= 15 is 0 Å². The van der Waals surface area contributed by atoms with E-state index in [-0.39, 0.29) is 18.2 Å². The summed E-state index contributed by atoms with van der Waals surface area (Å²) >= 11 is 0. The van der Waals surface area contributed by atoms with Crippen LogP contribution in [0.15, 0.2) is 72.3 Å². The predicted octanol–water partition coefficient (Wildman–Crippen LogP) is 6.47. The molecule has 0 radical (unpaired) electrons. The van der Waals surface area contributed by atoms with Crippen LogP contribution in [0.3, 0.4) is 0 Å². The first kappa shape index (κ1) is 19.1. The molecule has 0 atom stereocenters. The fraction of sp³-hybridized carbons (Fsp3) is 0.120. The highest BCUT2D eigenvalue weighted by atomic mass is 19.1. The third-order valence-electron chi connectivity index (χ3n) is 5.06. The molecule has 0 bridgehead atoms. The summed E-state index contributed by atoms with van der Waals surface area (Å²) < 4.78 is 32.5. The molecule has 2 nitrogen and oxygen atoms in total. The third kappa shape index (κ3) is 3.98. The minimum Gasteiger partial charge on any atom is -0.457 e. The Morgan fingerprint density at radius 3 is 2.10 bits per heavy atom. The number of hydrogen-bond donors (Lipinski definition) is 1. The Balaban J connectivity index is 1.63. The van der Waals surface area contributed by atoms with E-state index < -0.39 is 0 Å².